The lowest BCUT2D eigenvalue weighted by molar-refractivity contribution is 0.240. The molecule has 0 aromatic carbocycles. The molecule has 0 aliphatic carbocycles. The first-order valence-electron chi connectivity index (χ1n) is 6.04. The van der Waals surface area contributed by atoms with Crippen molar-refractivity contribution in [2.24, 2.45) is 5.92 Å². The van der Waals surface area contributed by atoms with Gasteiger partial charge in [0.25, 0.3) is 0 Å². The number of hydrogen-bond acceptors (Lipinski definition) is 1. The van der Waals surface area contributed by atoms with Crippen LogP contribution >= 0.6 is 0 Å². The molecule has 0 N–H and O–H groups in total. The van der Waals surface area contributed by atoms with E-state index in [1.54, 1.807) is 0 Å². The van der Waals surface area contributed by atoms with Gasteiger partial charge < -0.3 is 4.90 Å². The topological polar surface area (TPSA) is 3.24 Å². The third kappa shape index (κ3) is 4.31. The smallest absolute Gasteiger partial charge is 0.116 e. The Morgan fingerprint density at radius 2 is 2.00 bits per heavy atom. The van der Waals surface area contributed by atoms with E-state index in [9.17, 15) is 4.39 Å². The van der Waals surface area contributed by atoms with Crippen molar-refractivity contribution in [3.63, 3.8) is 0 Å². The van der Waals surface area contributed by atoms with Crippen molar-refractivity contribution in [3.05, 3.63) is 36.2 Å². The van der Waals surface area contributed by atoms with Crippen LogP contribution in [-0.4, -0.2) is 25.0 Å². The normalized spacial score (nSPS) is 20.6. The maximum atomic E-state index is 12.6. The van der Waals surface area contributed by atoms with Gasteiger partial charge in [-0.1, -0.05) is 25.7 Å². The van der Waals surface area contributed by atoms with Gasteiger partial charge in [-0.25, -0.2) is 4.39 Å². The molecule has 1 heterocycles. The SMILES string of the molecule is C=C(F)/C=C\C(=C/CC)C1CCN(C)CC1. The summed E-state index contributed by atoms with van der Waals surface area (Å²) in [4.78, 5) is 2.35. The van der Waals surface area contributed by atoms with Crippen molar-refractivity contribution in [1.82, 2.24) is 4.90 Å². The molecule has 0 saturated carbocycles. The average molecular weight is 223 g/mol. The van der Waals surface area contributed by atoms with Crippen LogP contribution in [0.1, 0.15) is 26.2 Å². The van der Waals surface area contributed by atoms with Gasteiger partial charge in [-0.2, -0.15) is 0 Å². The van der Waals surface area contributed by atoms with E-state index in [1.807, 2.05) is 6.08 Å². The molecule has 0 unspecified atom stereocenters. The first-order chi connectivity index (χ1) is 7.63. The summed E-state index contributed by atoms with van der Waals surface area (Å²) < 4.78 is 12.6. The van der Waals surface area contributed by atoms with Crippen LogP contribution < -0.4 is 0 Å². The maximum Gasteiger partial charge on any atom is 0.116 e. The minimum absolute atomic E-state index is 0.366. The molecule has 0 bridgehead atoms. The minimum atomic E-state index is -0.366. The highest BCUT2D eigenvalue weighted by molar-refractivity contribution is 5.26. The van der Waals surface area contributed by atoms with Crippen LogP contribution in [0.5, 0.6) is 0 Å². The summed E-state index contributed by atoms with van der Waals surface area (Å²) in [5.74, 6) is 0.224. The van der Waals surface area contributed by atoms with E-state index in [4.69, 9.17) is 0 Å². The van der Waals surface area contributed by atoms with Crippen molar-refractivity contribution in [2.75, 3.05) is 20.1 Å². The van der Waals surface area contributed by atoms with Gasteiger partial charge in [0.1, 0.15) is 5.83 Å². The Bertz CT molecular complexity index is 283. The summed E-state index contributed by atoms with van der Waals surface area (Å²) in [7, 11) is 2.15. The summed E-state index contributed by atoms with van der Waals surface area (Å²) in [6.45, 7) is 7.64. The van der Waals surface area contributed by atoms with Gasteiger partial charge in [-0.3, -0.25) is 0 Å². The molecule has 1 saturated heterocycles. The van der Waals surface area contributed by atoms with Crippen LogP contribution in [0, 0.1) is 5.92 Å². The summed E-state index contributed by atoms with van der Waals surface area (Å²) in [6, 6.07) is 0. The molecule has 90 valence electrons. The van der Waals surface area contributed by atoms with E-state index >= 15 is 0 Å². The van der Waals surface area contributed by atoms with E-state index in [-0.39, 0.29) is 5.83 Å². The summed E-state index contributed by atoms with van der Waals surface area (Å²) in [5.41, 5.74) is 1.27. The molecule has 0 aromatic rings. The van der Waals surface area contributed by atoms with E-state index in [1.165, 1.54) is 24.5 Å². The fourth-order valence-electron chi connectivity index (χ4n) is 2.14. The minimum Gasteiger partial charge on any atom is -0.306 e. The largest absolute Gasteiger partial charge is 0.306 e. The van der Waals surface area contributed by atoms with Gasteiger partial charge in [-0.15, -0.1) is 0 Å². The molecule has 1 nitrogen and oxygen atoms in total. The fraction of sp³-hybridized carbons (Fsp3) is 0.571. The van der Waals surface area contributed by atoms with E-state index in [0.29, 0.717) is 5.92 Å². The Labute approximate surface area is 98.3 Å². The van der Waals surface area contributed by atoms with E-state index in [2.05, 4.69) is 31.5 Å². The summed E-state index contributed by atoms with van der Waals surface area (Å²) in [5, 5.41) is 0. The Morgan fingerprint density at radius 3 is 2.50 bits per heavy atom. The number of piperidine rings is 1. The number of rotatable bonds is 4. The first-order valence-corrected chi connectivity index (χ1v) is 6.04. The van der Waals surface area contributed by atoms with Crippen LogP contribution in [0.15, 0.2) is 36.2 Å². The fourth-order valence-corrected chi connectivity index (χ4v) is 2.14. The van der Waals surface area contributed by atoms with E-state index < -0.39 is 0 Å². The summed E-state index contributed by atoms with van der Waals surface area (Å²) in [6.07, 6.45) is 8.92. The number of allylic oxidation sites excluding steroid dienone is 5. The van der Waals surface area contributed by atoms with Crippen molar-refractivity contribution in [1.29, 1.82) is 0 Å². The Balaban J connectivity index is 2.64. The van der Waals surface area contributed by atoms with Crippen LogP contribution in [-0.2, 0) is 0 Å². The molecule has 16 heavy (non-hydrogen) atoms. The highest BCUT2D eigenvalue weighted by atomic mass is 19.1. The van der Waals surface area contributed by atoms with E-state index in [0.717, 1.165) is 19.5 Å². The number of halogens is 1. The van der Waals surface area contributed by atoms with Crippen LogP contribution in [0.3, 0.4) is 0 Å². The molecular weight excluding hydrogens is 201 g/mol. The zero-order valence-electron chi connectivity index (χ0n) is 10.4. The van der Waals surface area contributed by atoms with Gasteiger partial charge in [-0.05, 0) is 57.0 Å². The highest BCUT2D eigenvalue weighted by Gasteiger charge is 2.18. The number of nitrogens with zero attached hydrogens (tertiary/aromatic N) is 1. The van der Waals surface area contributed by atoms with Crippen molar-refractivity contribution >= 4 is 0 Å². The Morgan fingerprint density at radius 1 is 1.38 bits per heavy atom. The molecule has 1 fully saturated rings. The molecule has 0 spiro atoms. The predicted octanol–water partition coefficient (Wildman–Crippen LogP) is 3.70. The van der Waals surface area contributed by atoms with Gasteiger partial charge in [0.15, 0.2) is 0 Å². The van der Waals surface area contributed by atoms with Crippen molar-refractivity contribution < 1.29 is 4.39 Å². The lowest BCUT2D eigenvalue weighted by Gasteiger charge is -2.29. The van der Waals surface area contributed by atoms with Gasteiger partial charge >= 0.3 is 0 Å². The third-order valence-corrected chi connectivity index (χ3v) is 3.09. The molecule has 0 atom stereocenters. The Kier molecular flexibility index (Phi) is 5.47. The monoisotopic (exact) mass is 223 g/mol. The predicted molar refractivity (Wildman–Crippen MR) is 68.0 cm³/mol. The molecule has 1 aliphatic heterocycles. The zero-order valence-corrected chi connectivity index (χ0v) is 10.4. The Hall–Kier alpha value is -0.890. The molecule has 2 heteroatoms. The van der Waals surface area contributed by atoms with Crippen LogP contribution in [0.2, 0.25) is 0 Å². The lowest BCUT2D eigenvalue weighted by Crippen LogP contribution is -2.30. The lowest BCUT2D eigenvalue weighted by atomic mass is 9.88. The second-order valence-electron chi connectivity index (χ2n) is 4.47. The maximum absolute atomic E-state index is 12.6. The summed E-state index contributed by atoms with van der Waals surface area (Å²) >= 11 is 0. The first kappa shape index (κ1) is 13.2. The molecule has 0 amide bonds. The molecule has 1 aliphatic rings. The molecule has 0 aromatic heterocycles. The second-order valence-corrected chi connectivity index (χ2v) is 4.47. The zero-order chi connectivity index (χ0) is 12.0. The number of hydrogen-bond donors (Lipinski definition) is 0. The van der Waals surface area contributed by atoms with Crippen LogP contribution in [0.4, 0.5) is 4.39 Å². The standard InChI is InChI=1S/C14H22FN/c1-4-5-13(7-6-12(2)15)14-8-10-16(3)11-9-14/h5-7,14H,2,4,8-11H2,1,3H3/b7-6-,13-5+. The van der Waals surface area contributed by atoms with Gasteiger partial charge in [0.05, 0.1) is 0 Å². The molecular formula is C14H22FN. The van der Waals surface area contributed by atoms with Crippen LogP contribution in [0.25, 0.3) is 0 Å². The third-order valence-electron chi connectivity index (χ3n) is 3.09. The molecule has 0 radical (unpaired) electrons. The van der Waals surface area contributed by atoms with Crippen molar-refractivity contribution in [3.8, 4) is 0 Å². The average Bonchev–Trinajstić information content (AvgIpc) is 2.25. The van der Waals surface area contributed by atoms with Crippen molar-refractivity contribution in [2.45, 2.75) is 26.2 Å². The van der Waals surface area contributed by atoms with Gasteiger partial charge in [0, 0.05) is 0 Å². The quantitative estimate of drug-likeness (QED) is 0.657. The highest BCUT2D eigenvalue weighted by Crippen LogP contribution is 2.25. The second kappa shape index (κ2) is 6.64. The van der Waals surface area contributed by atoms with Gasteiger partial charge in [0.2, 0.25) is 0 Å². The molecule has 1 rings (SSSR count). The number of likely N-dealkylation sites (tertiary alicyclic amines) is 1.